The highest BCUT2D eigenvalue weighted by Crippen LogP contribution is 2.27. The fourth-order valence-corrected chi connectivity index (χ4v) is 3.52. The van der Waals surface area contributed by atoms with Crippen LogP contribution in [0.25, 0.3) is 22.3 Å². The van der Waals surface area contributed by atoms with Gasteiger partial charge in [0.1, 0.15) is 5.82 Å². The number of para-hydroxylation sites is 1. The van der Waals surface area contributed by atoms with Crippen LogP contribution in [-0.2, 0) is 6.54 Å². The van der Waals surface area contributed by atoms with Crippen LogP contribution < -0.4 is 4.90 Å². The second-order valence-electron chi connectivity index (χ2n) is 5.98. The van der Waals surface area contributed by atoms with Gasteiger partial charge >= 0.3 is 0 Å². The predicted octanol–water partition coefficient (Wildman–Crippen LogP) is 4.08. The van der Waals surface area contributed by atoms with Gasteiger partial charge in [-0.1, -0.05) is 12.1 Å². The molecule has 1 aromatic carbocycles. The zero-order valence-electron chi connectivity index (χ0n) is 14.0. The molecule has 25 heavy (non-hydrogen) atoms. The van der Waals surface area contributed by atoms with Crippen molar-refractivity contribution in [3.05, 3.63) is 59.8 Å². The summed E-state index contributed by atoms with van der Waals surface area (Å²) in [5, 5.41) is 5.24. The molecule has 3 heterocycles. The first-order valence-electron chi connectivity index (χ1n) is 8.27. The molecule has 0 unspecified atom stereocenters. The van der Waals surface area contributed by atoms with Crippen LogP contribution >= 0.6 is 11.3 Å². The fourth-order valence-electron chi connectivity index (χ4n) is 2.89. The Morgan fingerprint density at radius 2 is 2.08 bits per heavy atom. The number of benzene rings is 1. The van der Waals surface area contributed by atoms with Gasteiger partial charge in [-0.3, -0.25) is 0 Å². The summed E-state index contributed by atoms with van der Waals surface area (Å²) in [6.45, 7) is 1.87. The minimum absolute atomic E-state index is 0.788. The van der Waals surface area contributed by atoms with Gasteiger partial charge in [0.2, 0.25) is 0 Å². The van der Waals surface area contributed by atoms with Crippen molar-refractivity contribution >= 4 is 28.1 Å². The molecule has 0 saturated heterocycles. The summed E-state index contributed by atoms with van der Waals surface area (Å²) in [6.07, 6.45) is 6.69. The Morgan fingerprint density at radius 1 is 1.16 bits per heavy atom. The van der Waals surface area contributed by atoms with E-state index >= 15 is 0 Å². The van der Waals surface area contributed by atoms with Crippen LogP contribution in [0.2, 0.25) is 0 Å². The summed E-state index contributed by atoms with van der Waals surface area (Å²) in [5.41, 5.74) is 2.05. The van der Waals surface area contributed by atoms with Gasteiger partial charge in [-0.2, -0.15) is 11.3 Å². The lowest BCUT2D eigenvalue weighted by Gasteiger charge is -2.20. The molecule has 0 atom stereocenters. The number of hydrogen-bond acceptors (Lipinski definition) is 5. The number of anilines is 1. The van der Waals surface area contributed by atoms with E-state index in [1.54, 1.807) is 11.3 Å². The van der Waals surface area contributed by atoms with Crippen LogP contribution in [0.15, 0.2) is 59.8 Å². The Labute approximate surface area is 150 Å². The maximum Gasteiger partial charge on any atom is 0.162 e. The molecule has 5 nitrogen and oxygen atoms in total. The molecule has 0 bridgehead atoms. The molecular formula is C19H19N5S. The third-order valence-corrected chi connectivity index (χ3v) is 4.88. The summed E-state index contributed by atoms with van der Waals surface area (Å²) >= 11 is 1.66. The van der Waals surface area contributed by atoms with Gasteiger partial charge < -0.3 is 9.47 Å². The molecule has 3 aromatic heterocycles. The van der Waals surface area contributed by atoms with Gasteiger partial charge in [-0.25, -0.2) is 15.0 Å². The first-order valence-corrected chi connectivity index (χ1v) is 9.22. The van der Waals surface area contributed by atoms with Gasteiger partial charge in [-0.05, 0) is 30.0 Å². The van der Waals surface area contributed by atoms with Gasteiger partial charge in [0.05, 0.1) is 11.8 Å². The van der Waals surface area contributed by atoms with Crippen molar-refractivity contribution in [1.29, 1.82) is 0 Å². The van der Waals surface area contributed by atoms with Gasteiger partial charge in [-0.15, -0.1) is 0 Å². The Hall–Kier alpha value is -2.73. The summed E-state index contributed by atoms with van der Waals surface area (Å²) in [7, 11) is 2.10. The Morgan fingerprint density at radius 3 is 2.88 bits per heavy atom. The molecule has 6 heteroatoms. The molecular weight excluding hydrogens is 330 g/mol. The van der Waals surface area contributed by atoms with Crippen molar-refractivity contribution in [2.75, 3.05) is 18.5 Å². The highest BCUT2D eigenvalue weighted by molar-refractivity contribution is 7.08. The minimum Gasteiger partial charge on any atom is -0.359 e. The second-order valence-corrected chi connectivity index (χ2v) is 6.76. The van der Waals surface area contributed by atoms with Crippen molar-refractivity contribution in [1.82, 2.24) is 19.5 Å². The smallest absolute Gasteiger partial charge is 0.162 e. The van der Waals surface area contributed by atoms with Gasteiger partial charge in [0, 0.05) is 48.9 Å². The van der Waals surface area contributed by atoms with E-state index in [2.05, 4.69) is 50.5 Å². The monoisotopic (exact) mass is 349 g/mol. The van der Waals surface area contributed by atoms with Crippen LogP contribution in [0.3, 0.4) is 0 Å². The summed E-state index contributed by atoms with van der Waals surface area (Å²) in [4.78, 5) is 15.9. The lowest BCUT2D eigenvalue weighted by atomic mass is 10.2. The largest absolute Gasteiger partial charge is 0.359 e. The molecule has 0 radical (unpaired) electrons. The maximum absolute atomic E-state index is 4.86. The molecule has 126 valence electrons. The highest BCUT2D eigenvalue weighted by Gasteiger charge is 2.12. The lowest BCUT2D eigenvalue weighted by Crippen LogP contribution is -2.21. The van der Waals surface area contributed by atoms with E-state index in [0.717, 1.165) is 47.6 Å². The first-order chi connectivity index (χ1) is 12.3. The Kier molecular flexibility index (Phi) is 4.43. The average Bonchev–Trinajstić information content (AvgIpc) is 3.34. The number of thiophene rings is 1. The molecule has 0 N–H and O–H groups in total. The normalized spacial score (nSPS) is 11.1. The van der Waals surface area contributed by atoms with Crippen LogP contribution in [0.4, 0.5) is 5.82 Å². The predicted molar refractivity (Wildman–Crippen MR) is 103 cm³/mol. The zero-order valence-corrected chi connectivity index (χ0v) is 14.9. The van der Waals surface area contributed by atoms with Crippen molar-refractivity contribution < 1.29 is 0 Å². The number of hydrogen-bond donors (Lipinski definition) is 0. The van der Waals surface area contributed by atoms with E-state index in [1.807, 2.05) is 30.9 Å². The Balaban J connectivity index is 1.62. The van der Waals surface area contributed by atoms with E-state index in [-0.39, 0.29) is 0 Å². The van der Waals surface area contributed by atoms with Crippen molar-refractivity contribution in [3.63, 3.8) is 0 Å². The standard InChI is InChI=1S/C19H19N5S/c1-23(9-4-10-24-11-8-20-14-24)19-16-5-2-3-6-17(16)21-18(22-19)15-7-12-25-13-15/h2-3,5-8,11-14H,4,9-10H2,1H3. The third kappa shape index (κ3) is 3.39. The molecule has 4 aromatic rings. The van der Waals surface area contributed by atoms with Crippen molar-refractivity contribution in [2.24, 2.45) is 0 Å². The van der Waals surface area contributed by atoms with E-state index in [4.69, 9.17) is 9.97 Å². The second kappa shape index (κ2) is 7.03. The Bertz CT molecular complexity index is 947. The van der Waals surface area contributed by atoms with Crippen LogP contribution in [0, 0.1) is 0 Å². The third-order valence-electron chi connectivity index (χ3n) is 4.19. The molecule has 0 aliphatic rings. The topological polar surface area (TPSA) is 46.8 Å². The molecule has 0 amide bonds. The molecule has 0 fully saturated rings. The average molecular weight is 349 g/mol. The molecule has 0 saturated carbocycles. The molecule has 0 spiro atoms. The van der Waals surface area contributed by atoms with E-state index < -0.39 is 0 Å². The first kappa shape index (κ1) is 15.8. The summed E-state index contributed by atoms with van der Waals surface area (Å²) < 4.78 is 2.10. The fraction of sp³-hybridized carbons (Fsp3) is 0.211. The minimum atomic E-state index is 0.788. The number of fused-ring (bicyclic) bond motifs is 1. The van der Waals surface area contributed by atoms with E-state index in [1.165, 1.54) is 0 Å². The van der Waals surface area contributed by atoms with Crippen LogP contribution in [-0.4, -0.2) is 33.1 Å². The lowest BCUT2D eigenvalue weighted by molar-refractivity contribution is 0.636. The number of aryl methyl sites for hydroxylation is 1. The zero-order chi connectivity index (χ0) is 17.1. The van der Waals surface area contributed by atoms with E-state index in [9.17, 15) is 0 Å². The van der Waals surface area contributed by atoms with Crippen molar-refractivity contribution in [3.8, 4) is 11.4 Å². The highest BCUT2D eigenvalue weighted by atomic mass is 32.1. The number of aromatic nitrogens is 4. The van der Waals surface area contributed by atoms with Gasteiger partial charge in [0.15, 0.2) is 5.82 Å². The van der Waals surface area contributed by atoms with Crippen LogP contribution in [0.1, 0.15) is 6.42 Å². The molecule has 4 rings (SSSR count). The number of nitrogens with zero attached hydrogens (tertiary/aromatic N) is 5. The molecule has 0 aliphatic carbocycles. The number of rotatable bonds is 6. The van der Waals surface area contributed by atoms with Crippen LogP contribution in [0.5, 0.6) is 0 Å². The molecule has 0 aliphatic heterocycles. The van der Waals surface area contributed by atoms with Gasteiger partial charge in [0.25, 0.3) is 0 Å². The van der Waals surface area contributed by atoms with Crippen molar-refractivity contribution in [2.45, 2.75) is 13.0 Å². The quantitative estimate of drug-likeness (QED) is 0.526. The SMILES string of the molecule is CN(CCCn1ccnc1)c1nc(-c2ccsc2)nc2ccccc12. The van der Waals surface area contributed by atoms with E-state index in [0.29, 0.717) is 0 Å². The summed E-state index contributed by atoms with van der Waals surface area (Å²) in [5.74, 6) is 1.77. The summed E-state index contributed by atoms with van der Waals surface area (Å²) in [6, 6.07) is 10.3. The number of imidazole rings is 1. The maximum atomic E-state index is 4.86.